The molecule has 11 heteroatoms. The van der Waals surface area contributed by atoms with Gasteiger partial charge in [0.05, 0.1) is 32.8 Å². The number of hydrogen-bond acceptors (Lipinski definition) is 8. The van der Waals surface area contributed by atoms with E-state index in [1.165, 1.54) is 42.3 Å². The average molecular weight is 502 g/mol. The summed E-state index contributed by atoms with van der Waals surface area (Å²) in [5, 5.41) is 11.1. The van der Waals surface area contributed by atoms with Gasteiger partial charge in [-0.2, -0.15) is 0 Å². The number of nitrogens with zero attached hydrogens (tertiary/aromatic N) is 2. The Morgan fingerprint density at radius 3 is 2.58 bits per heavy atom. The molecule has 0 atom stereocenters. The summed E-state index contributed by atoms with van der Waals surface area (Å²) in [6.45, 7) is 1.90. The first-order valence-corrected chi connectivity index (χ1v) is 13.0. The molecular weight excluding hydrogens is 482 g/mol. The van der Waals surface area contributed by atoms with Crippen molar-refractivity contribution >= 4 is 54.7 Å². The standard InChI is InChI=1S/C22H19N3O5S3/c1-14-3-7-18(8-4-14)33(28,29)24-16-5-9-19-21(12-16)32-22(23-19)31-13-15-11-17(25(26)27)6-10-20(15)30-2/h3-12,24H,13H2,1-2H3. The number of benzene rings is 3. The van der Waals surface area contributed by atoms with E-state index in [1.54, 1.807) is 48.5 Å². The molecule has 1 heterocycles. The van der Waals surface area contributed by atoms with Crippen molar-refractivity contribution in [3.8, 4) is 5.75 Å². The Morgan fingerprint density at radius 1 is 1.12 bits per heavy atom. The Balaban J connectivity index is 1.52. The van der Waals surface area contributed by atoms with E-state index >= 15 is 0 Å². The molecule has 4 rings (SSSR count). The third-order valence-corrected chi connectivity index (χ3v) is 8.39. The summed E-state index contributed by atoms with van der Waals surface area (Å²) in [5.41, 5.74) is 2.87. The predicted molar refractivity (Wildman–Crippen MR) is 131 cm³/mol. The first-order chi connectivity index (χ1) is 15.7. The Hall–Kier alpha value is -3.15. The van der Waals surface area contributed by atoms with Crippen LogP contribution in [-0.4, -0.2) is 25.4 Å². The van der Waals surface area contributed by atoms with Crippen LogP contribution < -0.4 is 9.46 Å². The molecule has 0 spiro atoms. The molecule has 1 N–H and O–H groups in total. The van der Waals surface area contributed by atoms with Crippen LogP contribution in [0.3, 0.4) is 0 Å². The fourth-order valence-electron chi connectivity index (χ4n) is 3.09. The molecule has 0 amide bonds. The Kier molecular flexibility index (Phi) is 6.54. The van der Waals surface area contributed by atoms with Crippen molar-refractivity contribution in [2.45, 2.75) is 21.9 Å². The van der Waals surface area contributed by atoms with Crippen LogP contribution in [0.2, 0.25) is 0 Å². The topological polar surface area (TPSA) is 111 Å². The van der Waals surface area contributed by atoms with Gasteiger partial charge in [-0.3, -0.25) is 14.8 Å². The maximum Gasteiger partial charge on any atom is 0.270 e. The van der Waals surface area contributed by atoms with Crippen LogP contribution in [0.1, 0.15) is 11.1 Å². The summed E-state index contributed by atoms with van der Waals surface area (Å²) in [6, 6.07) is 16.3. The minimum Gasteiger partial charge on any atom is -0.496 e. The Morgan fingerprint density at radius 2 is 1.88 bits per heavy atom. The van der Waals surface area contributed by atoms with Gasteiger partial charge < -0.3 is 4.74 Å². The van der Waals surface area contributed by atoms with Crippen LogP contribution in [-0.2, 0) is 15.8 Å². The molecule has 170 valence electrons. The molecule has 8 nitrogen and oxygen atoms in total. The lowest BCUT2D eigenvalue weighted by Crippen LogP contribution is -2.12. The minimum absolute atomic E-state index is 0.00111. The van der Waals surface area contributed by atoms with Crippen molar-refractivity contribution in [1.82, 2.24) is 4.98 Å². The zero-order valence-corrected chi connectivity index (χ0v) is 20.1. The molecular formula is C22H19N3O5S3. The molecule has 4 aromatic rings. The summed E-state index contributed by atoms with van der Waals surface area (Å²) in [6.07, 6.45) is 0. The van der Waals surface area contributed by atoms with Gasteiger partial charge in [-0.05, 0) is 43.3 Å². The van der Waals surface area contributed by atoms with Gasteiger partial charge in [0.25, 0.3) is 15.7 Å². The average Bonchev–Trinajstić information content (AvgIpc) is 3.19. The third kappa shape index (κ3) is 5.27. The lowest BCUT2D eigenvalue weighted by molar-refractivity contribution is -0.384. The molecule has 0 radical (unpaired) electrons. The van der Waals surface area contributed by atoms with Gasteiger partial charge in [-0.1, -0.05) is 29.5 Å². The Bertz CT molecular complexity index is 1430. The molecule has 0 unspecified atom stereocenters. The van der Waals surface area contributed by atoms with Gasteiger partial charge in [0.2, 0.25) is 0 Å². The van der Waals surface area contributed by atoms with Crippen molar-refractivity contribution in [3.63, 3.8) is 0 Å². The molecule has 0 aliphatic carbocycles. The molecule has 3 aromatic carbocycles. The number of fused-ring (bicyclic) bond motifs is 1. The lowest BCUT2D eigenvalue weighted by atomic mass is 10.2. The van der Waals surface area contributed by atoms with Crippen LogP contribution in [0.5, 0.6) is 5.75 Å². The second-order valence-corrected chi connectivity index (χ2v) is 11.1. The number of aromatic nitrogens is 1. The van der Waals surface area contributed by atoms with Crippen molar-refractivity contribution in [2.24, 2.45) is 0 Å². The highest BCUT2D eigenvalue weighted by molar-refractivity contribution is 8.00. The normalized spacial score (nSPS) is 11.5. The molecule has 0 fully saturated rings. The fourth-order valence-corrected chi connectivity index (χ4v) is 6.23. The first kappa shape index (κ1) is 23.0. The van der Waals surface area contributed by atoms with E-state index in [4.69, 9.17) is 4.74 Å². The van der Waals surface area contributed by atoms with Gasteiger partial charge in [0.1, 0.15) is 5.75 Å². The number of hydrogen-bond donors (Lipinski definition) is 1. The van der Waals surface area contributed by atoms with Gasteiger partial charge in [-0.15, -0.1) is 11.3 Å². The zero-order chi connectivity index (χ0) is 23.6. The highest BCUT2D eigenvalue weighted by atomic mass is 32.2. The first-order valence-electron chi connectivity index (χ1n) is 9.69. The van der Waals surface area contributed by atoms with Crippen LogP contribution in [0.25, 0.3) is 10.2 Å². The second-order valence-electron chi connectivity index (χ2n) is 7.12. The number of aryl methyl sites for hydroxylation is 1. The van der Waals surface area contributed by atoms with Gasteiger partial charge >= 0.3 is 0 Å². The van der Waals surface area contributed by atoms with Gasteiger partial charge in [0, 0.05) is 23.4 Å². The molecule has 33 heavy (non-hydrogen) atoms. The van der Waals surface area contributed by atoms with E-state index in [1.807, 2.05) is 6.92 Å². The number of rotatable bonds is 8. The number of anilines is 1. The molecule has 0 aliphatic heterocycles. The van der Waals surface area contributed by atoms with E-state index in [-0.39, 0.29) is 10.6 Å². The largest absolute Gasteiger partial charge is 0.496 e. The molecule has 0 saturated heterocycles. The van der Waals surface area contributed by atoms with Gasteiger partial charge in [-0.25, -0.2) is 13.4 Å². The van der Waals surface area contributed by atoms with E-state index < -0.39 is 14.9 Å². The molecule has 1 aromatic heterocycles. The maximum absolute atomic E-state index is 12.7. The quantitative estimate of drug-likeness (QED) is 0.190. The van der Waals surface area contributed by atoms with Crippen LogP contribution in [0.4, 0.5) is 11.4 Å². The van der Waals surface area contributed by atoms with E-state index in [0.29, 0.717) is 22.8 Å². The minimum atomic E-state index is -3.70. The number of non-ortho nitro benzene ring substituents is 1. The zero-order valence-electron chi connectivity index (χ0n) is 17.6. The number of nitro benzene ring substituents is 1. The summed E-state index contributed by atoms with van der Waals surface area (Å²) in [7, 11) is -2.18. The number of sulfonamides is 1. The van der Waals surface area contributed by atoms with Crippen LogP contribution in [0.15, 0.2) is 69.9 Å². The highest BCUT2D eigenvalue weighted by Crippen LogP contribution is 2.36. The molecule has 0 bridgehead atoms. The number of methoxy groups -OCH3 is 1. The second kappa shape index (κ2) is 9.38. The molecule has 0 saturated carbocycles. The number of thioether (sulfide) groups is 1. The van der Waals surface area contributed by atoms with Crippen LogP contribution >= 0.6 is 23.1 Å². The summed E-state index contributed by atoms with van der Waals surface area (Å²) in [5.74, 6) is 1.01. The monoisotopic (exact) mass is 501 g/mol. The van der Waals surface area contributed by atoms with E-state index in [9.17, 15) is 18.5 Å². The van der Waals surface area contributed by atoms with Crippen molar-refractivity contribution in [1.29, 1.82) is 0 Å². The van der Waals surface area contributed by atoms with Crippen molar-refractivity contribution in [3.05, 3.63) is 81.9 Å². The van der Waals surface area contributed by atoms with Gasteiger partial charge in [0.15, 0.2) is 4.34 Å². The summed E-state index contributed by atoms with van der Waals surface area (Å²) < 4.78 is 34.8. The summed E-state index contributed by atoms with van der Waals surface area (Å²) in [4.78, 5) is 15.4. The number of thiazole rings is 1. The van der Waals surface area contributed by atoms with E-state index in [0.717, 1.165) is 20.1 Å². The maximum atomic E-state index is 12.7. The highest BCUT2D eigenvalue weighted by Gasteiger charge is 2.16. The number of ether oxygens (including phenoxy) is 1. The SMILES string of the molecule is COc1ccc([N+](=O)[O-])cc1CSc1nc2ccc(NS(=O)(=O)c3ccc(C)cc3)cc2s1. The smallest absolute Gasteiger partial charge is 0.270 e. The Labute approximate surface area is 198 Å². The number of nitro groups is 1. The lowest BCUT2D eigenvalue weighted by Gasteiger charge is -2.08. The number of nitrogens with one attached hydrogen (secondary N) is 1. The fraction of sp³-hybridized carbons (Fsp3) is 0.136. The third-order valence-electron chi connectivity index (χ3n) is 4.78. The van der Waals surface area contributed by atoms with Crippen molar-refractivity contribution < 1.29 is 18.1 Å². The summed E-state index contributed by atoms with van der Waals surface area (Å²) >= 11 is 2.85. The van der Waals surface area contributed by atoms with Crippen LogP contribution in [0, 0.1) is 17.0 Å². The van der Waals surface area contributed by atoms with Crippen molar-refractivity contribution in [2.75, 3.05) is 11.8 Å². The van der Waals surface area contributed by atoms with E-state index in [2.05, 4.69) is 9.71 Å². The predicted octanol–water partition coefficient (Wildman–Crippen LogP) is 5.61. The molecule has 0 aliphatic rings.